The molecule has 0 spiro atoms. The molecule has 1 aromatic rings. The minimum atomic E-state index is 0.449. The molecule has 1 aromatic heterocycles. The van der Waals surface area contributed by atoms with Crippen LogP contribution in [-0.4, -0.2) is 35.4 Å². The molecule has 0 aliphatic carbocycles. The minimum Gasteiger partial charge on any atom is -0.356 e. The van der Waals surface area contributed by atoms with Crippen LogP contribution < -0.4 is 10.6 Å². The summed E-state index contributed by atoms with van der Waals surface area (Å²) in [6.07, 6.45) is 6.07. The Morgan fingerprint density at radius 1 is 1.56 bits per heavy atom. The predicted octanol–water partition coefficient (Wildman–Crippen LogP) is 1.55. The van der Waals surface area contributed by atoms with Gasteiger partial charge >= 0.3 is 0 Å². The molecule has 0 bridgehead atoms. The summed E-state index contributed by atoms with van der Waals surface area (Å²) in [5.41, 5.74) is 1.21. The molecule has 0 aliphatic rings. The summed E-state index contributed by atoms with van der Waals surface area (Å²) < 4.78 is 1.97. The summed E-state index contributed by atoms with van der Waals surface area (Å²) in [6.45, 7) is 8.19. The molecule has 0 aliphatic heterocycles. The van der Waals surface area contributed by atoms with Gasteiger partial charge in [-0.05, 0) is 32.3 Å². The molecule has 2 N–H and O–H groups in total. The highest BCUT2D eigenvalue weighted by Gasteiger charge is 2.01. The number of rotatable bonds is 6. The first-order valence-corrected chi connectivity index (χ1v) is 6.62. The third kappa shape index (κ3) is 5.21. The van der Waals surface area contributed by atoms with Gasteiger partial charge in [-0.15, -0.1) is 0 Å². The van der Waals surface area contributed by atoms with E-state index in [9.17, 15) is 0 Å². The molecule has 0 aromatic carbocycles. The summed E-state index contributed by atoms with van der Waals surface area (Å²) >= 11 is 0. The summed E-state index contributed by atoms with van der Waals surface area (Å²) in [5.74, 6) is 0.876. The Hall–Kier alpha value is -1.52. The average Bonchev–Trinajstić information content (AvgIpc) is 2.78. The van der Waals surface area contributed by atoms with Crippen LogP contribution in [0.15, 0.2) is 17.4 Å². The number of aliphatic imine (C=N–C) groups is 1. The third-order valence-electron chi connectivity index (χ3n) is 2.84. The van der Waals surface area contributed by atoms with Crippen LogP contribution in [0, 0.1) is 6.92 Å². The van der Waals surface area contributed by atoms with Crippen LogP contribution in [0.5, 0.6) is 0 Å². The van der Waals surface area contributed by atoms with Crippen molar-refractivity contribution in [2.45, 2.75) is 46.2 Å². The van der Waals surface area contributed by atoms with Crippen molar-refractivity contribution in [1.82, 2.24) is 20.4 Å². The molecule has 5 nitrogen and oxygen atoms in total. The van der Waals surface area contributed by atoms with Crippen molar-refractivity contribution >= 4 is 5.96 Å². The van der Waals surface area contributed by atoms with Gasteiger partial charge in [-0.25, -0.2) is 0 Å². The number of aryl methyl sites for hydroxylation is 2. The van der Waals surface area contributed by atoms with Crippen LogP contribution in [0.25, 0.3) is 0 Å². The van der Waals surface area contributed by atoms with Crippen molar-refractivity contribution in [2.75, 3.05) is 13.6 Å². The first-order chi connectivity index (χ1) is 8.65. The molecule has 0 radical (unpaired) electrons. The van der Waals surface area contributed by atoms with Gasteiger partial charge in [0, 0.05) is 32.4 Å². The van der Waals surface area contributed by atoms with Gasteiger partial charge in [-0.3, -0.25) is 9.67 Å². The van der Waals surface area contributed by atoms with E-state index in [1.807, 2.05) is 10.9 Å². The fourth-order valence-corrected chi connectivity index (χ4v) is 1.57. The molecule has 5 heteroatoms. The SMILES string of the molecule is CCC(C)NC(=NC)NCCCn1cc(C)cn1. The molecule has 1 rings (SSSR count). The van der Waals surface area contributed by atoms with Gasteiger partial charge in [0.2, 0.25) is 0 Å². The highest BCUT2D eigenvalue weighted by atomic mass is 15.3. The molecule has 0 fully saturated rings. The van der Waals surface area contributed by atoms with Crippen LogP contribution in [0.3, 0.4) is 0 Å². The van der Waals surface area contributed by atoms with E-state index in [1.165, 1.54) is 5.56 Å². The van der Waals surface area contributed by atoms with Crippen molar-refractivity contribution in [2.24, 2.45) is 4.99 Å². The lowest BCUT2D eigenvalue weighted by Crippen LogP contribution is -2.42. The van der Waals surface area contributed by atoms with E-state index in [1.54, 1.807) is 7.05 Å². The van der Waals surface area contributed by atoms with Crippen molar-refractivity contribution in [3.05, 3.63) is 18.0 Å². The molecule has 0 amide bonds. The van der Waals surface area contributed by atoms with E-state index in [-0.39, 0.29) is 0 Å². The molecule has 1 unspecified atom stereocenters. The van der Waals surface area contributed by atoms with Gasteiger partial charge < -0.3 is 10.6 Å². The maximum atomic E-state index is 4.26. The van der Waals surface area contributed by atoms with Crippen LogP contribution in [0.2, 0.25) is 0 Å². The number of aromatic nitrogens is 2. The largest absolute Gasteiger partial charge is 0.356 e. The molecule has 0 saturated carbocycles. The first-order valence-electron chi connectivity index (χ1n) is 6.62. The lowest BCUT2D eigenvalue weighted by molar-refractivity contribution is 0.564. The first kappa shape index (κ1) is 14.5. The highest BCUT2D eigenvalue weighted by Crippen LogP contribution is 1.95. The van der Waals surface area contributed by atoms with Crippen LogP contribution in [0.4, 0.5) is 0 Å². The van der Waals surface area contributed by atoms with E-state index in [0.29, 0.717) is 6.04 Å². The smallest absolute Gasteiger partial charge is 0.191 e. The Labute approximate surface area is 110 Å². The Morgan fingerprint density at radius 2 is 2.33 bits per heavy atom. The van der Waals surface area contributed by atoms with Gasteiger partial charge in [-0.2, -0.15) is 5.10 Å². The van der Waals surface area contributed by atoms with E-state index < -0.39 is 0 Å². The van der Waals surface area contributed by atoms with E-state index in [0.717, 1.165) is 31.9 Å². The quantitative estimate of drug-likeness (QED) is 0.458. The zero-order chi connectivity index (χ0) is 13.4. The number of hydrogen-bond donors (Lipinski definition) is 2. The molecule has 18 heavy (non-hydrogen) atoms. The topological polar surface area (TPSA) is 54.2 Å². The number of guanidine groups is 1. The van der Waals surface area contributed by atoms with Crippen molar-refractivity contribution in [1.29, 1.82) is 0 Å². The normalized spacial score (nSPS) is 13.4. The molecule has 1 heterocycles. The Morgan fingerprint density at radius 3 is 2.89 bits per heavy atom. The molecule has 0 saturated heterocycles. The molecule has 102 valence electrons. The maximum absolute atomic E-state index is 4.26. The molecule has 1 atom stereocenters. The lowest BCUT2D eigenvalue weighted by atomic mass is 10.3. The Balaban J connectivity index is 2.20. The fourth-order valence-electron chi connectivity index (χ4n) is 1.57. The number of nitrogens with one attached hydrogen (secondary N) is 2. The highest BCUT2D eigenvalue weighted by molar-refractivity contribution is 5.79. The second-order valence-corrected chi connectivity index (χ2v) is 4.59. The van der Waals surface area contributed by atoms with Gasteiger partial charge in [0.25, 0.3) is 0 Å². The second-order valence-electron chi connectivity index (χ2n) is 4.59. The third-order valence-corrected chi connectivity index (χ3v) is 2.84. The Kier molecular flexibility index (Phi) is 6.25. The van der Waals surface area contributed by atoms with Crippen molar-refractivity contribution in [3.8, 4) is 0 Å². The monoisotopic (exact) mass is 251 g/mol. The Bertz CT molecular complexity index is 369. The van der Waals surface area contributed by atoms with E-state index >= 15 is 0 Å². The lowest BCUT2D eigenvalue weighted by Gasteiger charge is -2.16. The predicted molar refractivity (Wildman–Crippen MR) is 75.8 cm³/mol. The number of hydrogen-bond acceptors (Lipinski definition) is 2. The summed E-state index contributed by atoms with van der Waals surface area (Å²) in [5, 5.41) is 10.9. The van der Waals surface area contributed by atoms with Gasteiger partial charge in [-0.1, -0.05) is 6.92 Å². The van der Waals surface area contributed by atoms with Crippen molar-refractivity contribution < 1.29 is 0 Å². The van der Waals surface area contributed by atoms with Gasteiger partial charge in [0.05, 0.1) is 6.20 Å². The van der Waals surface area contributed by atoms with Crippen molar-refractivity contribution in [3.63, 3.8) is 0 Å². The van der Waals surface area contributed by atoms with Gasteiger partial charge in [0.15, 0.2) is 5.96 Å². The zero-order valence-electron chi connectivity index (χ0n) is 11.9. The molecular formula is C13H25N5. The summed E-state index contributed by atoms with van der Waals surface area (Å²) in [7, 11) is 1.80. The second kappa shape index (κ2) is 7.74. The van der Waals surface area contributed by atoms with Crippen LogP contribution >= 0.6 is 0 Å². The zero-order valence-corrected chi connectivity index (χ0v) is 11.9. The number of nitrogens with zero attached hydrogens (tertiary/aromatic N) is 3. The van der Waals surface area contributed by atoms with E-state index in [4.69, 9.17) is 0 Å². The van der Waals surface area contributed by atoms with Gasteiger partial charge in [0.1, 0.15) is 0 Å². The fraction of sp³-hybridized carbons (Fsp3) is 0.692. The van der Waals surface area contributed by atoms with Crippen LogP contribution in [0.1, 0.15) is 32.3 Å². The minimum absolute atomic E-state index is 0.449. The summed E-state index contributed by atoms with van der Waals surface area (Å²) in [4.78, 5) is 4.20. The standard InChI is InChI=1S/C13H25N5/c1-5-12(3)17-13(14-4)15-7-6-8-18-10-11(2)9-16-18/h9-10,12H,5-8H2,1-4H3,(H2,14,15,17). The summed E-state index contributed by atoms with van der Waals surface area (Å²) in [6, 6.07) is 0.449. The average molecular weight is 251 g/mol. The van der Waals surface area contributed by atoms with Crippen LogP contribution in [-0.2, 0) is 6.54 Å². The van der Waals surface area contributed by atoms with E-state index in [2.05, 4.69) is 47.7 Å². The molecular weight excluding hydrogens is 226 g/mol. The maximum Gasteiger partial charge on any atom is 0.191 e.